The third kappa shape index (κ3) is 17.9. The molecule has 5 heteroatoms. The third-order valence-corrected chi connectivity index (χ3v) is 0. The molecule has 0 saturated carbocycles. The second-order valence-corrected chi connectivity index (χ2v) is 0. The van der Waals surface area contributed by atoms with Crippen LogP contribution in [0.1, 0.15) is 2.85 Å². The van der Waals surface area contributed by atoms with Gasteiger partial charge < -0.3 is 2.85 Å². The van der Waals surface area contributed by atoms with Gasteiger partial charge in [-0.15, -0.1) is 24.0 Å². The molecule has 0 aliphatic heterocycles. The number of halogens is 1. The van der Waals surface area contributed by atoms with E-state index in [0.29, 0.717) is 0 Å². The van der Waals surface area contributed by atoms with Crippen LogP contribution in [-0.4, -0.2) is 0 Å². The number of rotatable bonds is 0. The Morgan fingerprint density at radius 3 is 1.20 bits per heavy atom. The summed E-state index contributed by atoms with van der Waals surface area (Å²) in [6.45, 7) is 0. The van der Waals surface area contributed by atoms with Crippen LogP contribution in [0.15, 0.2) is 0 Å². The van der Waals surface area contributed by atoms with Crippen molar-refractivity contribution in [1.29, 1.82) is 0 Å². The zero-order valence-electron chi connectivity index (χ0n) is 5.62. The fourth-order valence-corrected chi connectivity index (χ4v) is 0. The molecule has 5 heavy (non-hydrogen) atoms. The van der Waals surface area contributed by atoms with Gasteiger partial charge in [-0.25, -0.2) is 0 Å². The first-order valence-electron chi connectivity index (χ1n) is 0. The SMILES string of the molecule is I.P.S.[H-].[H-].[K+].[Na+]. The van der Waals surface area contributed by atoms with E-state index in [0.717, 1.165) is 0 Å². The van der Waals surface area contributed by atoms with Gasteiger partial charge >= 0.3 is 80.9 Å². The summed E-state index contributed by atoms with van der Waals surface area (Å²) >= 11 is 0. The van der Waals surface area contributed by atoms with Crippen molar-refractivity contribution in [1.82, 2.24) is 0 Å². The van der Waals surface area contributed by atoms with Gasteiger partial charge in [-0.05, 0) is 0 Å². The molecule has 0 fully saturated rings. The number of hydrogen-bond donors (Lipinski definition) is 0. The van der Waals surface area contributed by atoms with Crippen LogP contribution >= 0.6 is 47.4 Å². The van der Waals surface area contributed by atoms with E-state index in [1.807, 2.05) is 0 Å². The molecule has 0 rings (SSSR count). The molecule has 0 heterocycles. The average molecular weight is 260 g/mol. The minimum absolute atomic E-state index is 0. The Kier molecular flexibility index (Phi) is 171. The van der Waals surface area contributed by atoms with Crippen molar-refractivity contribution in [2.45, 2.75) is 0 Å². The van der Waals surface area contributed by atoms with E-state index in [9.17, 15) is 0 Å². The molecule has 0 aliphatic carbocycles. The van der Waals surface area contributed by atoms with E-state index < -0.39 is 0 Å². The van der Waals surface area contributed by atoms with Gasteiger partial charge in [0.1, 0.15) is 0 Å². The van der Waals surface area contributed by atoms with Gasteiger partial charge in [-0.3, -0.25) is 0 Å². The van der Waals surface area contributed by atoms with Gasteiger partial charge in [-0.2, -0.15) is 23.4 Å². The predicted molar refractivity (Wildman–Crippen MR) is 39.1 cm³/mol. The van der Waals surface area contributed by atoms with Crippen molar-refractivity contribution < 1.29 is 83.8 Å². The summed E-state index contributed by atoms with van der Waals surface area (Å²) in [5.41, 5.74) is 0. The van der Waals surface area contributed by atoms with Crippen LogP contribution in [0.4, 0.5) is 0 Å². The minimum atomic E-state index is 0. The molecule has 0 saturated heterocycles. The maximum Gasteiger partial charge on any atom is 1.00 e. The zero-order valence-corrected chi connectivity index (χ0v) is 13.5. The monoisotopic (exact) mass is 260 g/mol. The Hall–Kier alpha value is 4.15. The van der Waals surface area contributed by atoms with Crippen LogP contribution in [0.2, 0.25) is 0 Å². The summed E-state index contributed by atoms with van der Waals surface area (Å²) in [5, 5.41) is 0. The van der Waals surface area contributed by atoms with Crippen LogP contribution in [0.5, 0.6) is 0 Å². The van der Waals surface area contributed by atoms with Gasteiger partial charge in [0.05, 0.1) is 0 Å². The quantitative estimate of drug-likeness (QED) is 0.232. The molecule has 28 valence electrons. The molecule has 0 aromatic carbocycles. The van der Waals surface area contributed by atoms with E-state index in [1.165, 1.54) is 0 Å². The maximum atomic E-state index is 0. The molecule has 0 N–H and O–H groups in total. The molecule has 0 radical (unpaired) electrons. The van der Waals surface area contributed by atoms with E-state index in [4.69, 9.17) is 0 Å². The fourth-order valence-electron chi connectivity index (χ4n) is 0. The Balaban J connectivity index is 0. The third-order valence-electron chi connectivity index (χ3n) is 0. The van der Waals surface area contributed by atoms with E-state index in [1.54, 1.807) is 0 Å². The van der Waals surface area contributed by atoms with Crippen LogP contribution in [0.25, 0.3) is 0 Å². The van der Waals surface area contributed by atoms with Crippen molar-refractivity contribution >= 4 is 47.4 Å². The first kappa shape index (κ1) is 35.3. The predicted octanol–water partition coefficient (Wildman–Crippen LogP) is -4.98. The summed E-state index contributed by atoms with van der Waals surface area (Å²) in [5.74, 6) is 0. The van der Waals surface area contributed by atoms with Crippen LogP contribution < -0.4 is 80.9 Å². The number of hydrogen-bond acceptors (Lipinski definition) is 0. The van der Waals surface area contributed by atoms with Gasteiger partial charge in [0.25, 0.3) is 0 Å². The largest absolute Gasteiger partial charge is 1.00 e. The summed E-state index contributed by atoms with van der Waals surface area (Å²) in [4.78, 5) is 0. The van der Waals surface area contributed by atoms with Crippen LogP contribution in [0.3, 0.4) is 0 Å². The Morgan fingerprint density at radius 2 is 1.20 bits per heavy atom. The molecule has 0 amide bonds. The minimum Gasteiger partial charge on any atom is -1.00 e. The Morgan fingerprint density at radius 1 is 1.20 bits per heavy atom. The topological polar surface area (TPSA) is 0 Å². The summed E-state index contributed by atoms with van der Waals surface area (Å²) < 4.78 is 0. The Labute approximate surface area is 128 Å². The fraction of sp³-hybridized carbons (Fsp3) is 0. The Bertz CT molecular complexity index is 17.7. The second-order valence-electron chi connectivity index (χ2n) is 0. The molecule has 1 unspecified atom stereocenters. The van der Waals surface area contributed by atoms with E-state index in [-0.39, 0.29) is 131 Å². The van der Waals surface area contributed by atoms with Crippen molar-refractivity contribution in [3.05, 3.63) is 0 Å². The maximum absolute atomic E-state index is 0. The molecular formula is H8IKNaPS. The first-order valence-corrected chi connectivity index (χ1v) is 0. The molecule has 1 atom stereocenters. The van der Waals surface area contributed by atoms with Crippen molar-refractivity contribution in [2.24, 2.45) is 0 Å². The molecule has 0 nitrogen and oxygen atoms in total. The smallest absolute Gasteiger partial charge is 1.00 e. The normalized spacial score (nSPS) is 0. The molecule has 0 bridgehead atoms. The van der Waals surface area contributed by atoms with Crippen molar-refractivity contribution in [3.8, 4) is 0 Å². The van der Waals surface area contributed by atoms with Crippen LogP contribution in [-0.2, 0) is 0 Å². The molecule has 0 aliphatic rings. The standard InChI is InChI=1S/HI.K.Na.H3P.H2S.2H/h1H;;;1H3;1H2;;/q;2*+1;;;2*-1. The van der Waals surface area contributed by atoms with E-state index in [2.05, 4.69) is 0 Å². The van der Waals surface area contributed by atoms with E-state index >= 15 is 0 Å². The van der Waals surface area contributed by atoms with Gasteiger partial charge in [0.15, 0.2) is 0 Å². The summed E-state index contributed by atoms with van der Waals surface area (Å²) in [6.07, 6.45) is 0. The first-order chi connectivity index (χ1) is 0. The molecule has 0 aromatic heterocycles. The van der Waals surface area contributed by atoms with Crippen molar-refractivity contribution in [3.63, 3.8) is 0 Å². The molecule has 0 spiro atoms. The summed E-state index contributed by atoms with van der Waals surface area (Å²) in [7, 11) is 0. The van der Waals surface area contributed by atoms with Gasteiger partial charge in [-0.1, -0.05) is 0 Å². The molecule has 0 aromatic rings. The van der Waals surface area contributed by atoms with Crippen molar-refractivity contribution in [2.75, 3.05) is 0 Å². The average Bonchev–Trinajstić information content (AvgIpc) is 0. The molecular weight excluding hydrogens is 252 g/mol. The summed E-state index contributed by atoms with van der Waals surface area (Å²) in [6, 6.07) is 0. The van der Waals surface area contributed by atoms with Crippen LogP contribution in [0, 0.1) is 0 Å². The van der Waals surface area contributed by atoms with Gasteiger partial charge in [0, 0.05) is 0 Å². The second kappa shape index (κ2) is 24.2. The van der Waals surface area contributed by atoms with Gasteiger partial charge in [0.2, 0.25) is 0 Å². The zero-order chi connectivity index (χ0) is 0.